The molecule has 1 N–H and O–H groups in total. The van der Waals surface area contributed by atoms with Gasteiger partial charge in [-0.2, -0.15) is 5.10 Å². The summed E-state index contributed by atoms with van der Waals surface area (Å²) in [4.78, 5) is 34.3. The molecule has 1 saturated heterocycles. The number of amides is 1. The van der Waals surface area contributed by atoms with Crippen LogP contribution in [-0.2, 0) is 17.9 Å². The molecule has 0 aromatic carbocycles. The summed E-state index contributed by atoms with van der Waals surface area (Å²) < 4.78 is 1.11. The number of hydrogen-bond donors (Lipinski definition) is 1. The summed E-state index contributed by atoms with van der Waals surface area (Å²) in [5, 5.41) is 6.56. The molecule has 0 atom stereocenters. The zero-order valence-electron chi connectivity index (χ0n) is 12.7. The minimum Gasteiger partial charge on any atom is -0.357 e. The van der Waals surface area contributed by atoms with Gasteiger partial charge in [0.1, 0.15) is 18.2 Å². The van der Waals surface area contributed by atoms with E-state index in [0.717, 1.165) is 23.6 Å². The van der Waals surface area contributed by atoms with Crippen molar-refractivity contribution >= 4 is 11.7 Å². The van der Waals surface area contributed by atoms with Gasteiger partial charge in [-0.15, -0.1) is 0 Å². The molecule has 8 heteroatoms. The predicted octanol–water partition coefficient (Wildman–Crippen LogP) is -0.0501. The lowest BCUT2D eigenvalue weighted by Gasteiger charge is -2.16. The highest BCUT2D eigenvalue weighted by molar-refractivity contribution is 5.75. The summed E-state index contributed by atoms with van der Waals surface area (Å²) in [6.45, 7) is 2.12. The van der Waals surface area contributed by atoms with Gasteiger partial charge < -0.3 is 10.2 Å². The largest absolute Gasteiger partial charge is 0.357 e. The third kappa shape index (κ3) is 3.91. The van der Waals surface area contributed by atoms with Crippen LogP contribution in [-0.4, -0.2) is 38.7 Å². The molecule has 1 fully saturated rings. The summed E-state index contributed by atoms with van der Waals surface area (Å²) in [5.74, 6) is 1.14. The molecular formula is C15H18N6O2. The van der Waals surface area contributed by atoms with E-state index in [9.17, 15) is 9.59 Å². The molecule has 0 spiro atoms. The van der Waals surface area contributed by atoms with Crippen molar-refractivity contribution in [3.63, 3.8) is 0 Å². The van der Waals surface area contributed by atoms with Crippen LogP contribution in [0.25, 0.3) is 0 Å². The number of aromatic nitrogens is 4. The fourth-order valence-corrected chi connectivity index (χ4v) is 2.47. The first-order valence-electron chi connectivity index (χ1n) is 7.58. The van der Waals surface area contributed by atoms with Crippen molar-refractivity contribution in [1.29, 1.82) is 0 Å². The highest BCUT2D eigenvalue weighted by Crippen LogP contribution is 2.16. The van der Waals surface area contributed by atoms with Gasteiger partial charge >= 0.3 is 0 Å². The van der Waals surface area contributed by atoms with Crippen molar-refractivity contribution in [2.75, 3.05) is 18.0 Å². The molecule has 0 bridgehead atoms. The molecule has 2 aromatic rings. The summed E-state index contributed by atoms with van der Waals surface area (Å²) in [7, 11) is 0. The van der Waals surface area contributed by atoms with Gasteiger partial charge in [0, 0.05) is 31.5 Å². The molecular weight excluding hydrogens is 296 g/mol. The standard InChI is InChI=1S/C15H18N6O2/c22-14(11-21-15(23)4-3-6-18-21)17-10-12-16-7-5-13(19-12)20-8-1-2-9-20/h3-7H,1-2,8-11H2,(H,17,22). The lowest BCUT2D eigenvalue weighted by molar-refractivity contribution is -0.122. The Labute approximate surface area is 133 Å². The second kappa shape index (κ2) is 6.99. The number of hydrogen-bond acceptors (Lipinski definition) is 6. The first-order chi connectivity index (χ1) is 11.2. The molecule has 0 radical (unpaired) electrons. The van der Waals surface area contributed by atoms with Crippen LogP contribution in [0.4, 0.5) is 5.82 Å². The molecule has 0 aliphatic carbocycles. The van der Waals surface area contributed by atoms with Crippen LogP contribution in [0.3, 0.4) is 0 Å². The molecule has 3 rings (SSSR count). The lowest BCUT2D eigenvalue weighted by atomic mass is 10.4. The molecule has 0 unspecified atom stereocenters. The summed E-state index contributed by atoms with van der Waals surface area (Å²) in [5.41, 5.74) is -0.310. The third-order valence-corrected chi connectivity index (χ3v) is 3.64. The van der Waals surface area contributed by atoms with Crippen molar-refractivity contribution < 1.29 is 4.79 Å². The number of nitrogens with one attached hydrogen (secondary N) is 1. The number of anilines is 1. The number of carbonyl (C=O) groups is 1. The summed E-state index contributed by atoms with van der Waals surface area (Å²) in [6, 6.07) is 4.78. The Hall–Kier alpha value is -2.77. The van der Waals surface area contributed by atoms with Crippen LogP contribution in [0.2, 0.25) is 0 Å². The van der Waals surface area contributed by atoms with Crippen molar-refractivity contribution in [2.24, 2.45) is 0 Å². The first kappa shape index (κ1) is 15.1. The van der Waals surface area contributed by atoms with E-state index >= 15 is 0 Å². The SMILES string of the molecule is O=C(Cn1ncccc1=O)NCc1nccc(N2CCCC2)n1. The normalized spacial score (nSPS) is 14.0. The molecule has 2 aromatic heterocycles. The topological polar surface area (TPSA) is 93.0 Å². The van der Waals surface area contributed by atoms with Crippen LogP contribution in [0, 0.1) is 0 Å². The molecule has 1 aliphatic rings. The Balaban J connectivity index is 1.57. The maximum absolute atomic E-state index is 11.9. The Morgan fingerprint density at radius 3 is 2.83 bits per heavy atom. The van der Waals surface area contributed by atoms with Crippen LogP contribution in [0.5, 0.6) is 0 Å². The zero-order valence-corrected chi connectivity index (χ0v) is 12.7. The average Bonchev–Trinajstić information content (AvgIpc) is 3.10. The van der Waals surface area contributed by atoms with Crippen molar-refractivity contribution in [3.8, 4) is 0 Å². The van der Waals surface area contributed by atoms with Crippen LogP contribution in [0.15, 0.2) is 35.4 Å². The predicted molar refractivity (Wildman–Crippen MR) is 83.8 cm³/mol. The molecule has 1 amide bonds. The zero-order chi connectivity index (χ0) is 16.1. The first-order valence-corrected chi connectivity index (χ1v) is 7.58. The smallest absolute Gasteiger partial charge is 0.267 e. The van der Waals surface area contributed by atoms with Gasteiger partial charge in [0.2, 0.25) is 5.91 Å². The van der Waals surface area contributed by atoms with Crippen LogP contribution in [0.1, 0.15) is 18.7 Å². The van der Waals surface area contributed by atoms with E-state index in [4.69, 9.17) is 0 Å². The second-order valence-corrected chi connectivity index (χ2v) is 5.32. The number of rotatable bonds is 5. The van der Waals surface area contributed by atoms with E-state index in [1.165, 1.54) is 31.2 Å². The Morgan fingerprint density at radius 2 is 2.04 bits per heavy atom. The number of carbonyl (C=O) groups excluding carboxylic acids is 1. The summed E-state index contributed by atoms with van der Waals surface area (Å²) >= 11 is 0. The van der Waals surface area contributed by atoms with Gasteiger partial charge in [-0.25, -0.2) is 14.6 Å². The van der Waals surface area contributed by atoms with Gasteiger partial charge in [0.25, 0.3) is 5.56 Å². The number of nitrogens with zero attached hydrogens (tertiary/aromatic N) is 5. The van der Waals surface area contributed by atoms with E-state index in [0.29, 0.717) is 5.82 Å². The van der Waals surface area contributed by atoms with E-state index in [1.54, 1.807) is 6.20 Å². The van der Waals surface area contributed by atoms with Crippen molar-refractivity contribution in [1.82, 2.24) is 25.1 Å². The molecule has 0 saturated carbocycles. The quantitative estimate of drug-likeness (QED) is 0.832. The minimum atomic E-state index is -0.310. The molecule has 120 valence electrons. The van der Waals surface area contributed by atoms with E-state index in [2.05, 4.69) is 25.3 Å². The molecule has 1 aliphatic heterocycles. The molecule has 3 heterocycles. The highest BCUT2D eigenvalue weighted by atomic mass is 16.2. The van der Waals surface area contributed by atoms with Gasteiger partial charge in [-0.05, 0) is 25.0 Å². The monoisotopic (exact) mass is 314 g/mol. The average molecular weight is 314 g/mol. The maximum Gasteiger partial charge on any atom is 0.267 e. The van der Waals surface area contributed by atoms with Crippen LogP contribution < -0.4 is 15.8 Å². The third-order valence-electron chi connectivity index (χ3n) is 3.64. The fourth-order valence-electron chi connectivity index (χ4n) is 2.47. The minimum absolute atomic E-state index is 0.120. The van der Waals surface area contributed by atoms with E-state index in [-0.39, 0.29) is 24.6 Å². The Bertz CT molecular complexity index is 738. The second-order valence-electron chi connectivity index (χ2n) is 5.32. The van der Waals surface area contributed by atoms with Gasteiger partial charge in [0.05, 0.1) is 6.54 Å². The van der Waals surface area contributed by atoms with Crippen LogP contribution >= 0.6 is 0 Å². The highest BCUT2D eigenvalue weighted by Gasteiger charge is 2.14. The summed E-state index contributed by atoms with van der Waals surface area (Å²) in [6.07, 6.45) is 5.52. The van der Waals surface area contributed by atoms with Gasteiger partial charge in [-0.3, -0.25) is 9.59 Å². The van der Waals surface area contributed by atoms with E-state index < -0.39 is 0 Å². The molecule has 8 nitrogen and oxygen atoms in total. The Kier molecular flexibility index (Phi) is 4.60. The maximum atomic E-state index is 11.9. The Morgan fingerprint density at radius 1 is 1.22 bits per heavy atom. The van der Waals surface area contributed by atoms with Gasteiger partial charge in [-0.1, -0.05) is 0 Å². The lowest BCUT2D eigenvalue weighted by Crippen LogP contribution is -2.33. The van der Waals surface area contributed by atoms with Crippen molar-refractivity contribution in [2.45, 2.75) is 25.9 Å². The molecule has 23 heavy (non-hydrogen) atoms. The fraction of sp³-hybridized carbons (Fsp3) is 0.400. The van der Waals surface area contributed by atoms with E-state index in [1.807, 2.05) is 6.07 Å². The van der Waals surface area contributed by atoms with Gasteiger partial charge in [0.15, 0.2) is 0 Å². The van der Waals surface area contributed by atoms with Crippen molar-refractivity contribution in [3.05, 3.63) is 46.8 Å².